The number of hydrogen-bond acceptors (Lipinski definition) is 2. The van der Waals surface area contributed by atoms with Gasteiger partial charge in [-0.3, -0.25) is 0 Å². The van der Waals surface area contributed by atoms with Gasteiger partial charge in [-0.15, -0.1) is 0 Å². The Hall–Kier alpha value is -1.38. The lowest BCUT2D eigenvalue weighted by atomic mass is 10.0. The van der Waals surface area contributed by atoms with E-state index in [1.54, 1.807) is 0 Å². The highest BCUT2D eigenvalue weighted by atomic mass is 14.9. The first-order chi connectivity index (χ1) is 8.29. The summed E-state index contributed by atoms with van der Waals surface area (Å²) in [6, 6.07) is 13.3. The van der Waals surface area contributed by atoms with E-state index in [1.165, 1.54) is 21.9 Å². The SMILES string of the molecule is CNCCNCc1ccc2cc(C)ccc2c1. The lowest BCUT2D eigenvalue weighted by molar-refractivity contribution is 0.651. The number of hydrogen-bond donors (Lipinski definition) is 2. The molecule has 0 saturated heterocycles. The van der Waals surface area contributed by atoms with E-state index in [0.29, 0.717) is 0 Å². The fourth-order valence-electron chi connectivity index (χ4n) is 1.97. The molecule has 17 heavy (non-hydrogen) atoms. The maximum Gasteiger partial charge on any atom is 0.0206 e. The highest BCUT2D eigenvalue weighted by Gasteiger charge is 1.97. The maximum atomic E-state index is 3.42. The van der Waals surface area contributed by atoms with Crippen LogP contribution in [0, 0.1) is 6.92 Å². The molecule has 0 atom stereocenters. The summed E-state index contributed by atoms with van der Waals surface area (Å²) >= 11 is 0. The first-order valence-corrected chi connectivity index (χ1v) is 6.14. The average Bonchev–Trinajstić information content (AvgIpc) is 2.35. The van der Waals surface area contributed by atoms with Crippen molar-refractivity contribution in [1.82, 2.24) is 10.6 Å². The minimum atomic E-state index is 0.936. The summed E-state index contributed by atoms with van der Waals surface area (Å²) in [5.41, 5.74) is 2.66. The minimum absolute atomic E-state index is 0.936. The molecule has 2 aromatic rings. The van der Waals surface area contributed by atoms with Crippen molar-refractivity contribution in [3.05, 3.63) is 47.5 Å². The van der Waals surface area contributed by atoms with Crippen LogP contribution in [0.3, 0.4) is 0 Å². The Balaban J connectivity index is 2.07. The molecule has 0 spiro atoms. The second-order valence-electron chi connectivity index (χ2n) is 4.47. The van der Waals surface area contributed by atoms with Crippen LogP contribution in [0.2, 0.25) is 0 Å². The zero-order chi connectivity index (χ0) is 12.1. The van der Waals surface area contributed by atoms with E-state index in [0.717, 1.165) is 19.6 Å². The van der Waals surface area contributed by atoms with Crippen LogP contribution < -0.4 is 10.6 Å². The van der Waals surface area contributed by atoms with Crippen LogP contribution >= 0.6 is 0 Å². The molecular weight excluding hydrogens is 208 g/mol. The maximum absolute atomic E-state index is 3.42. The quantitative estimate of drug-likeness (QED) is 0.768. The van der Waals surface area contributed by atoms with Crippen LogP contribution in [0.15, 0.2) is 36.4 Å². The van der Waals surface area contributed by atoms with Gasteiger partial charge in [0.1, 0.15) is 0 Å². The fourth-order valence-corrected chi connectivity index (χ4v) is 1.97. The molecule has 0 fully saturated rings. The topological polar surface area (TPSA) is 24.1 Å². The van der Waals surface area contributed by atoms with Crippen LogP contribution in [0.4, 0.5) is 0 Å². The van der Waals surface area contributed by atoms with Crippen molar-refractivity contribution in [1.29, 1.82) is 0 Å². The molecule has 0 bridgehead atoms. The summed E-state index contributed by atoms with van der Waals surface area (Å²) in [7, 11) is 1.97. The molecule has 0 heterocycles. The zero-order valence-electron chi connectivity index (χ0n) is 10.6. The van der Waals surface area contributed by atoms with Crippen molar-refractivity contribution in [2.45, 2.75) is 13.5 Å². The predicted molar refractivity (Wildman–Crippen MR) is 74.3 cm³/mol. The Morgan fingerprint density at radius 1 is 0.941 bits per heavy atom. The van der Waals surface area contributed by atoms with E-state index in [4.69, 9.17) is 0 Å². The van der Waals surface area contributed by atoms with E-state index in [2.05, 4.69) is 54.0 Å². The highest BCUT2D eigenvalue weighted by molar-refractivity contribution is 5.83. The summed E-state index contributed by atoms with van der Waals surface area (Å²) in [4.78, 5) is 0. The van der Waals surface area contributed by atoms with Gasteiger partial charge in [-0.05, 0) is 36.4 Å². The molecule has 0 aliphatic carbocycles. The average molecular weight is 228 g/mol. The molecule has 0 aliphatic rings. The van der Waals surface area contributed by atoms with Gasteiger partial charge in [-0.1, -0.05) is 35.9 Å². The molecule has 90 valence electrons. The Bertz CT molecular complexity index is 491. The molecule has 0 aromatic heterocycles. The number of benzene rings is 2. The van der Waals surface area contributed by atoms with Gasteiger partial charge in [-0.2, -0.15) is 0 Å². The Morgan fingerprint density at radius 2 is 1.71 bits per heavy atom. The normalized spacial score (nSPS) is 10.9. The van der Waals surface area contributed by atoms with Crippen molar-refractivity contribution in [3.63, 3.8) is 0 Å². The van der Waals surface area contributed by atoms with Crippen LogP contribution in [-0.4, -0.2) is 20.1 Å². The summed E-state index contributed by atoms with van der Waals surface area (Å²) in [6.07, 6.45) is 0. The van der Waals surface area contributed by atoms with Crippen molar-refractivity contribution in [2.75, 3.05) is 20.1 Å². The van der Waals surface area contributed by atoms with E-state index in [1.807, 2.05) is 7.05 Å². The highest BCUT2D eigenvalue weighted by Crippen LogP contribution is 2.17. The largest absolute Gasteiger partial charge is 0.318 e. The van der Waals surface area contributed by atoms with Crippen LogP contribution in [0.5, 0.6) is 0 Å². The molecule has 2 N–H and O–H groups in total. The Morgan fingerprint density at radius 3 is 2.53 bits per heavy atom. The molecule has 0 saturated carbocycles. The van der Waals surface area contributed by atoms with Crippen molar-refractivity contribution < 1.29 is 0 Å². The van der Waals surface area contributed by atoms with E-state index in [9.17, 15) is 0 Å². The molecule has 0 aliphatic heterocycles. The predicted octanol–water partition coefficient (Wildman–Crippen LogP) is 2.46. The van der Waals surface area contributed by atoms with Gasteiger partial charge in [0.2, 0.25) is 0 Å². The number of rotatable bonds is 5. The molecule has 2 heteroatoms. The third kappa shape index (κ3) is 3.29. The van der Waals surface area contributed by atoms with Gasteiger partial charge in [-0.25, -0.2) is 0 Å². The fraction of sp³-hybridized carbons (Fsp3) is 0.333. The van der Waals surface area contributed by atoms with Gasteiger partial charge in [0.15, 0.2) is 0 Å². The molecule has 0 unspecified atom stereocenters. The monoisotopic (exact) mass is 228 g/mol. The van der Waals surface area contributed by atoms with Gasteiger partial charge in [0.25, 0.3) is 0 Å². The lowest BCUT2D eigenvalue weighted by Crippen LogP contribution is -2.24. The minimum Gasteiger partial charge on any atom is -0.318 e. The Kier molecular flexibility index (Phi) is 4.13. The summed E-state index contributed by atoms with van der Waals surface area (Å²) in [5.74, 6) is 0. The third-order valence-corrected chi connectivity index (χ3v) is 2.94. The molecule has 0 amide bonds. The van der Waals surface area contributed by atoms with E-state index >= 15 is 0 Å². The number of likely N-dealkylation sites (N-methyl/N-ethyl adjacent to an activating group) is 1. The standard InChI is InChI=1S/C15H20N2/c1-12-3-5-15-10-13(4-6-14(15)9-12)11-17-8-7-16-2/h3-6,9-10,16-17H,7-8,11H2,1-2H3. The van der Waals surface area contributed by atoms with Gasteiger partial charge in [0, 0.05) is 19.6 Å². The van der Waals surface area contributed by atoms with E-state index in [-0.39, 0.29) is 0 Å². The van der Waals surface area contributed by atoms with Crippen LogP contribution in [-0.2, 0) is 6.54 Å². The zero-order valence-corrected chi connectivity index (χ0v) is 10.6. The molecule has 2 aromatic carbocycles. The summed E-state index contributed by atoms with van der Waals surface area (Å²) < 4.78 is 0. The molecule has 2 rings (SSSR count). The van der Waals surface area contributed by atoms with Crippen LogP contribution in [0.25, 0.3) is 10.8 Å². The van der Waals surface area contributed by atoms with E-state index < -0.39 is 0 Å². The van der Waals surface area contributed by atoms with Gasteiger partial charge >= 0.3 is 0 Å². The van der Waals surface area contributed by atoms with Crippen molar-refractivity contribution in [3.8, 4) is 0 Å². The summed E-state index contributed by atoms with van der Waals surface area (Å²) in [5, 5.41) is 9.19. The van der Waals surface area contributed by atoms with Gasteiger partial charge < -0.3 is 10.6 Å². The molecule has 0 radical (unpaired) electrons. The Labute approximate surface area is 103 Å². The third-order valence-electron chi connectivity index (χ3n) is 2.94. The number of aryl methyl sites for hydroxylation is 1. The van der Waals surface area contributed by atoms with Gasteiger partial charge in [0.05, 0.1) is 0 Å². The van der Waals surface area contributed by atoms with Crippen molar-refractivity contribution in [2.24, 2.45) is 0 Å². The van der Waals surface area contributed by atoms with Crippen LogP contribution in [0.1, 0.15) is 11.1 Å². The molecular formula is C15H20N2. The first kappa shape index (κ1) is 12.1. The smallest absolute Gasteiger partial charge is 0.0206 e. The lowest BCUT2D eigenvalue weighted by Gasteiger charge is -2.06. The number of nitrogens with one attached hydrogen (secondary N) is 2. The molecule has 2 nitrogen and oxygen atoms in total. The second kappa shape index (κ2) is 5.80. The number of fused-ring (bicyclic) bond motifs is 1. The second-order valence-corrected chi connectivity index (χ2v) is 4.47. The summed E-state index contributed by atoms with van der Waals surface area (Å²) in [6.45, 7) is 5.08. The first-order valence-electron chi connectivity index (χ1n) is 6.14. The van der Waals surface area contributed by atoms with Crippen molar-refractivity contribution >= 4 is 10.8 Å².